The summed E-state index contributed by atoms with van der Waals surface area (Å²) in [4.78, 5) is 19.0. The minimum Gasteiger partial charge on any atom is -1.00 e. The molecule has 11 heteroatoms. The quantitative estimate of drug-likeness (QED) is 0.371. The molecule has 0 saturated carbocycles. The molecule has 0 heterocycles. The monoisotopic (exact) mass is 438 g/mol. The minimum atomic E-state index is -0.556. The summed E-state index contributed by atoms with van der Waals surface area (Å²) in [6.07, 6.45) is 0. The molecule has 8 nitrogen and oxygen atoms in total. The molecule has 0 amide bonds. The van der Waals surface area contributed by atoms with E-state index in [2.05, 4.69) is 0 Å². The second-order valence-electron chi connectivity index (χ2n) is 3.55. The summed E-state index contributed by atoms with van der Waals surface area (Å²) in [7, 11) is 0. The first-order chi connectivity index (χ1) is 9.40. The topological polar surface area (TPSA) is 127 Å². The van der Waals surface area contributed by atoms with Crippen molar-refractivity contribution in [2.24, 2.45) is 0 Å². The van der Waals surface area contributed by atoms with Gasteiger partial charge in [-0.25, -0.2) is 0 Å². The minimum absolute atomic E-state index is 0. The third-order valence-electron chi connectivity index (χ3n) is 2.08. The average molecular weight is 440 g/mol. The van der Waals surface area contributed by atoms with Crippen molar-refractivity contribution in [3.05, 3.63) is 68.8 Å². The summed E-state index contributed by atoms with van der Waals surface area (Å²) >= 11 is 0. The number of aromatic hydroxyl groups is 2. The van der Waals surface area contributed by atoms with Crippen molar-refractivity contribution < 1.29 is 71.1 Å². The first kappa shape index (κ1) is 26.2. The fraction of sp³-hybridized carbons (Fsp3) is 0. The van der Waals surface area contributed by atoms with E-state index in [0.717, 1.165) is 12.1 Å². The molecule has 2 rings (SSSR count). The van der Waals surface area contributed by atoms with E-state index in [1.54, 1.807) is 0 Å². The number of halogens is 2. The number of hydrogen-bond acceptors (Lipinski definition) is 6. The Balaban J connectivity index is -0.000000308. The van der Waals surface area contributed by atoms with Gasteiger partial charge in [0.2, 0.25) is 0 Å². The van der Waals surface area contributed by atoms with Gasteiger partial charge in [-0.2, -0.15) is 0 Å². The average Bonchev–Trinajstić information content (AvgIpc) is 2.39. The van der Waals surface area contributed by atoms with Crippen LogP contribution in [0.25, 0.3) is 0 Å². The van der Waals surface area contributed by atoms with Crippen LogP contribution in [-0.2, 0) is 26.2 Å². The molecule has 0 aromatic heterocycles. The van der Waals surface area contributed by atoms with Gasteiger partial charge in [-0.3, -0.25) is 20.2 Å². The zero-order chi connectivity index (χ0) is 15.1. The van der Waals surface area contributed by atoms with Crippen LogP contribution in [0.5, 0.6) is 11.5 Å². The van der Waals surface area contributed by atoms with Gasteiger partial charge >= 0.3 is 26.2 Å². The largest absolute Gasteiger partial charge is 2.00 e. The van der Waals surface area contributed by atoms with Crippen LogP contribution in [0.4, 0.5) is 11.4 Å². The normalized spacial score (nSPS) is 8.00. The number of nitro benzene ring substituents is 2. The van der Waals surface area contributed by atoms with Gasteiger partial charge in [-0.05, 0) is 12.1 Å². The second-order valence-corrected chi connectivity index (χ2v) is 3.55. The van der Waals surface area contributed by atoms with Crippen molar-refractivity contribution >= 4 is 11.4 Å². The molecule has 2 aromatic carbocycles. The summed E-state index contributed by atoms with van der Waals surface area (Å²) in [5.74, 6) is -0.177. The van der Waals surface area contributed by atoms with E-state index in [-0.39, 0.29) is 73.9 Å². The summed E-state index contributed by atoms with van der Waals surface area (Å²) in [6.45, 7) is 0. The van der Waals surface area contributed by atoms with Crippen LogP contribution in [0.3, 0.4) is 0 Å². The van der Waals surface area contributed by atoms with E-state index < -0.39 is 9.85 Å². The summed E-state index contributed by atoms with van der Waals surface area (Å²) in [5.41, 5.74) is -0.194. The van der Waals surface area contributed by atoms with E-state index in [1.807, 2.05) is 0 Å². The van der Waals surface area contributed by atoms with Gasteiger partial charge in [-0.15, -0.1) is 0 Å². The van der Waals surface area contributed by atoms with Crippen LogP contribution < -0.4 is 24.8 Å². The Morgan fingerprint density at radius 3 is 1.22 bits per heavy atom. The Morgan fingerprint density at radius 1 is 0.739 bits per heavy atom. The zero-order valence-electron chi connectivity index (χ0n) is 11.3. The first-order valence-electron chi connectivity index (χ1n) is 5.27. The molecule has 0 unspecified atom stereocenters. The second kappa shape index (κ2) is 12.8. The number of phenolic OH excluding ortho intramolecular Hbond substituents is 2. The molecule has 0 atom stereocenters. The van der Waals surface area contributed by atoms with Crippen LogP contribution in [0.2, 0.25) is 0 Å². The molecule has 0 fully saturated rings. The van der Waals surface area contributed by atoms with Crippen molar-refractivity contribution in [1.29, 1.82) is 0 Å². The predicted molar refractivity (Wildman–Crippen MR) is 69.5 cm³/mol. The van der Waals surface area contributed by atoms with Gasteiger partial charge in [0.1, 0.15) is 11.5 Å². The summed E-state index contributed by atoms with van der Waals surface area (Å²) in [5, 5.41) is 37.6. The third kappa shape index (κ3) is 9.83. The van der Waals surface area contributed by atoms with Crippen molar-refractivity contribution in [1.82, 2.24) is 0 Å². The molecule has 0 radical (unpaired) electrons. The van der Waals surface area contributed by atoms with Crippen molar-refractivity contribution in [2.75, 3.05) is 0 Å². The number of rotatable bonds is 2. The van der Waals surface area contributed by atoms with Gasteiger partial charge in [-0.1, -0.05) is 12.1 Å². The fourth-order valence-corrected chi connectivity index (χ4v) is 1.21. The predicted octanol–water partition coefficient (Wildman–Crippen LogP) is -3.39. The SMILES string of the molecule is O=[N+]([O-])c1cccc(O)c1.O=[N+]([O-])c1cccc(O)c1.[Cl-].[Cl-].[Zr+2]. The maximum Gasteiger partial charge on any atom is 2.00 e. The summed E-state index contributed by atoms with van der Waals surface area (Å²) in [6, 6.07) is 10.4. The van der Waals surface area contributed by atoms with Crippen molar-refractivity contribution in [2.45, 2.75) is 0 Å². The van der Waals surface area contributed by atoms with Gasteiger partial charge in [0.05, 0.1) is 22.0 Å². The Labute approximate surface area is 162 Å². The zero-order valence-corrected chi connectivity index (χ0v) is 15.3. The summed E-state index contributed by atoms with van der Waals surface area (Å²) < 4.78 is 0. The van der Waals surface area contributed by atoms with E-state index in [9.17, 15) is 20.2 Å². The first-order valence-corrected chi connectivity index (χ1v) is 5.27. The van der Waals surface area contributed by atoms with Gasteiger partial charge in [0.15, 0.2) is 0 Å². The molecule has 122 valence electrons. The number of phenols is 2. The molecule has 0 bridgehead atoms. The van der Waals surface area contributed by atoms with E-state index in [4.69, 9.17) is 10.2 Å². The van der Waals surface area contributed by atoms with Crippen LogP contribution >= 0.6 is 0 Å². The Hall–Kier alpha value is -1.70. The molecular formula is C12H10Cl2N2O6Zr. The van der Waals surface area contributed by atoms with Gasteiger partial charge in [0, 0.05) is 12.1 Å². The standard InChI is InChI=1S/2C6H5NO3.2ClH.Zr/c2*8-6-3-1-2-5(4-6)7(9)10;;;/h2*1-4,8H;2*1H;/q;;;;+2/p-2. The molecule has 0 spiro atoms. The molecular weight excluding hydrogens is 430 g/mol. The Bertz CT molecular complexity index is 589. The van der Waals surface area contributed by atoms with Crippen LogP contribution in [-0.4, -0.2) is 20.1 Å². The molecule has 23 heavy (non-hydrogen) atoms. The van der Waals surface area contributed by atoms with E-state index in [1.165, 1.54) is 36.4 Å². The number of hydrogen-bond donors (Lipinski definition) is 2. The third-order valence-corrected chi connectivity index (χ3v) is 2.08. The van der Waals surface area contributed by atoms with Crippen LogP contribution in [0.1, 0.15) is 0 Å². The molecule has 0 aliphatic heterocycles. The van der Waals surface area contributed by atoms with Crippen LogP contribution in [0, 0.1) is 20.2 Å². The Morgan fingerprint density at radius 2 is 1.04 bits per heavy atom. The fourth-order valence-electron chi connectivity index (χ4n) is 1.21. The number of non-ortho nitro benzene ring substituents is 2. The van der Waals surface area contributed by atoms with Crippen molar-refractivity contribution in [3.63, 3.8) is 0 Å². The number of benzene rings is 2. The van der Waals surface area contributed by atoms with E-state index >= 15 is 0 Å². The van der Waals surface area contributed by atoms with Crippen molar-refractivity contribution in [3.8, 4) is 11.5 Å². The number of nitrogens with zero attached hydrogens (tertiary/aromatic N) is 2. The smallest absolute Gasteiger partial charge is 1.00 e. The molecule has 2 N–H and O–H groups in total. The van der Waals surface area contributed by atoms with Gasteiger partial charge < -0.3 is 35.0 Å². The van der Waals surface area contributed by atoms with E-state index in [0.29, 0.717) is 0 Å². The molecule has 0 saturated heterocycles. The maximum atomic E-state index is 10.0. The number of nitro groups is 2. The molecule has 0 aliphatic rings. The maximum absolute atomic E-state index is 10.0. The van der Waals surface area contributed by atoms with Crippen LogP contribution in [0.15, 0.2) is 48.5 Å². The Kier molecular flexibility index (Phi) is 14.6. The molecule has 2 aromatic rings. The molecule has 0 aliphatic carbocycles. The van der Waals surface area contributed by atoms with Gasteiger partial charge in [0.25, 0.3) is 11.4 Å².